The molecule has 0 bridgehead atoms. The molecule has 3 fully saturated rings. The molecule has 2 unspecified atom stereocenters. The number of nitrogens with one attached hydrogen (secondary N) is 1. The van der Waals surface area contributed by atoms with E-state index in [4.69, 9.17) is 14.2 Å². The van der Waals surface area contributed by atoms with E-state index in [1.54, 1.807) is 42.1 Å². The molecule has 4 heterocycles. The zero-order chi connectivity index (χ0) is 36.3. The van der Waals surface area contributed by atoms with Crippen molar-refractivity contribution in [1.29, 1.82) is 0 Å². The zero-order valence-electron chi connectivity index (χ0n) is 28.9. The molecule has 2 aromatic carbocycles. The smallest absolute Gasteiger partial charge is 0.410 e. The number of alkyl carbamates (subject to hydrolysis) is 1. The highest BCUT2D eigenvalue weighted by Crippen LogP contribution is 2.42. The normalized spacial score (nSPS) is 23.8. The molecule has 0 spiro atoms. The van der Waals surface area contributed by atoms with Crippen LogP contribution in [0.3, 0.4) is 0 Å². The van der Waals surface area contributed by atoms with Crippen molar-refractivity contribution in [3.63, 3.8) is 0 Å². The topological polar surface area (TPSA) is 135 Å². The monoisotopic (exact) mass is 714 g/mol. The average molecular weight is 715 g/mol. The third-order valence-electron chi connectivity index (χ3n) is 9.04. The number of benzene rings is 2. The molecule has 2 aromatic rings. The van der Waals surface area contributed by atoms with Crippen molar-refractivity contribution in [2.45, 2.75) is 68.8 Å². The Morgan fingerprint density at radius 1 is 1.02 bits per heavy atom. The van der Waals surface area contributed by atoms with Crippen molar-refractivity contribution < 1.29 is 38.2 Å². The van der Waals surface area contributed by atoms with E-state index >= 15 is 0 Å². The first-order valence-corrected chi connectivity index (χ1v) is 17.9. The van der Waals surface area contributed by atoms with Crippen LogP contribution in [-0.4, -0.2) is 100 Å². The fraction of sp³-hybridized carbons (Fsp3) is 0.395. The van der Waals surface area contributed by atoms with Gasteiger partial charge in [0.25, 0.3) is 0 Å². The van der Waals surface area contributed by atoms with Crippen LogP contribution in [0.25, 0.3) is 0 Å². The minimum Gasteiger partial charge on any atom is -0.451 e. The van der Waals surface area contributed by atoms with Gasteiger partial charge < -0.3 is 34.2 Å². The summed E-state index contributed by atoms with van der Waals surface area (Å²) in [5.74, 6) is -1.32. The van der Waals surface area contributed by atoms with Crippen LogP contribution in [0.15, 0.2) is 95.9 Å². The Morgan fingerprint density at radius 2 is 1.69 bits per heavy atom. The highest BCUT2D eigenvalue weighted by Gasteiger charge is 2.56. The second kappa shape index (κ2) is 15.1. The van der Waals surface area contributed by atoms with E-state index in [1.807, 2.05) is 60.7 Å². The van der Waals surface area contributed by atoms with Crippen molar-refractivity contribution in [2.24, 2.45) is 0 Å². The number of rotatable bonds is 9. The summed E-state index contributed by atoms with van der Waals surface area (Å²) in [6, 6.07) is 16.4. The summed E-state index contributed by atoms with van der Waals surface area (Å²) >= 11 is 1.28. The lowest BCUT2D eigenvalue weighted by Crippen LogP contribution is -2.74. The maximum atomic E-state index is 14.4. The minimum absolute atomic E-state index is 0.113. The van der Waals surface area contributed by atoms with Gasteiger partial charge in [-0.3, -0.25) is 9.59 Å². The molecule has 4 amide bonds. The van der Waals surface area contributed by atoms with E-state index < -0.39 is 53.2 Å². The van der Waals surface area contributed by atoms with E-state index in [0.717, 1.165) is 11.1 Å². The first-order valence-electron chi connectivity index (χ1n) is 17.0. The number of carbonyl (C=O) groups excluding carboxylic acids is 5. The van der Waals surface area contributed by atoms with Crippen LogP contribution >= 0.6 is 11.8 Å². The summed E-state index contributed by atoms with van der Waals surface area (Å²) in [7, 11) is 0. The van der Waals surface area contributed by atoms with Crippen molar-refractivity contribution in [3.8, 4) is 0 Å². The van der Waals surface area contributed by atoms with Crippen molar-refractivity contribution in [3.05, 3.63) is 107 Å². The molecule has 1 N–H and O–H groups in total. The maximum absolute atomic E-state index is 14.4. The van der Waals surface area contributed by atoms with E-state index in [1.165, 1.54) is 22.7 Å². The average Bonchev–Trinajstić information content (AvgIpc) is 3.75. The van der Waals surface area contributed by atoms with Crippen LogP contribution in [0.4, 0.5) is 9.59 Å². The molecule has 13 heteroatoms. The summed E-state index contributed by atoms with van der Waals surface area (Å²) in [6.07, 6.45) is 2.30. The number of carbonyl (C=O) groups is 5. The third-order valence-corrected chi connectivity index (χ3v) is 10.2. The molecule has 4 aliphatic rings. The molecule has 4 aliphatic heterocycles. The first kappa shape index (κ1) is 35.8. The molecule has 0 saturated carbocycles. The van der Waals surface area contributed by atoms with Crippen LogP contribution in [0.1, 0.15) is 50.8 Å². The summed E-state index contributed by atoms with van der Waals surface area (Å²) < 4.78 is 16.8. The number of thioether (sulfide) groups is 1. The van der Waals surface area contributed by atoms with Crippen LogP contribution in [0.5, 0.6) is 0 Å². The van der Waals surface area contributed by atoms with Gasteiger partial charge >= 0.3 is 18.2 Å². The molecule has 268 valence electrons. The van der Waals surface area contributed by atoms with Gasteiger partial charge in [-0.2, -0.15) is 0 Å². The van der Waals surface area contributed by atoms with Crippen LogP contribution in [0.2, 0.25) is 0 Å². The molecule has 12 nitrogen and oxygen atoms in total. The fourth-order valence-electron chi connectivity index (χ4n) is 6.67. The Bertz CT molecular complexity index is 1700. The predicted molar refractivity (Wildman–Crippen MR) is 190 cm³/mol. The van der Waals surface area contributed by atoms with Crippen molar-refractivity contribution >= 4 is 41.7 Å². The Hall–Kier alpha value is -5.04. The minimum atomic E-state index is -1.17. The van der Waals surface area contributed by atoms with E-state index in [-0.39, 0.29) is 18.6 Å². The standard InChI is InChI=1S/C38H42N4O8S/c1-5-20-48-37(47)40-18-17-28(22-40)41-19-16-26(32(41)43)21-27-23-51-34-29(39-36(46)50-38(2,3)4)33(44)42(34)30(27)35(45)49-31(24-12-8-6-9-13-24)25-14-10-7-11-15-25/h5-15,21,23,28-31,34H,1,16-20,22H2,2-4H3,(H,39,46)/b26-21+/t28-,29-,30?,34?/m1/s1. The zero-order valence-corrected chi connectivity index (χ0v) is 29.7. The molecule has 0 radical (unpaired) electrons. The van der Waals surface area contributed by atoms with Gasteiger partial charge in [-0.25, -0.2) is 14.4 Å². The number of ether oxygens (including phenoxy) is 3. The second-order valence-corrected chi connectivity index (χ2v) is 14.7. The molecule has 4 atom stereocenters. The lowest BCUT2D eigenvalue weighted by molar-refractivity contribution is -0.164. The molecule has 0 aliphatic carbocycles. The number of β-lactam (4-membered cyclic amide) rings is 1. The van der Waals surface area contributed by atoms with Gasteiger partial charge in [-0.05, 0) is 61.8 Å². The van der Waals surface area contributed by atoms with E-state index in [9.17, 15) is 24.0 Å². The summed E-state index contributed by atoms with van der Waals surface area (Å²) in [4.78, 5) is 71.6. The number of amides is 4. The summed E-state index contributed by atoms with van der Waals surface area (Å²) in [6.45, 7) is 10.2. The molecular weight excluding hydrogens is 673 g/mol. The van der Waals surface area contributed by atoms with Gasteiger partial charge in [0, 0.05) is 25.2 Å². The number of esters is 1. The van der Waals surface area contributed by atoms with Gasteiger partial charge in [0.1, 0.15) is 23.6 Å². The SMILES string of the molecule is C=CCOC(=O)N1CC[C@@H](N2CC/C(=C\C3=CSC4[C@H](NC(=O)OC(C)(C)C)C(=O)N4C3C(=O)OC(c3ccccc3)c3ccccc3)C2=O)C1. The highest BCUT2D eigenvalue weighted by atomic mass is 32.2. The Balaban J connectivity index is 1.26. The third kappa shape index (κ3) is 7.83. The fourth-order valence-corrected chi connectivity index (χ4v) is 7.87. The number of fused-ring (bicyclic) bond motifs is 1. The quantitative estimate of drug-likeness (QED) is 0.126. The lowest BCUT2D eigenvalue weighted by atomic mass is 9.95. The molecule has 51 heavy (non-hydrogen) atoms. The van der Waals surface area contributed by atoms with Crippen molar-refractivity contribution in [2.75, 3.05) is 26.2 Å². The van der Waals surface area contributed by atoms with Gasteiger partial charge in [0.2, 0.25) is 11.8 Å². The molecule has 6 rings (SSSR count). The van der Waals surface area contributed by atoms with Gasteiger partial charge in [0.15, 0.2) is 12.1 Å². The summed E-state index contributed by atoms with van der Waals surface area (Å²) in [5, 5.41) is 3.82. The predicted octanol–water partition coefficient (Wildman–Crippen LogP) is 4.94. The number of hydrogen-bond donors (Lipinski definition) is 1. The maximum Gasteiger partial charge on any atom is 0.410 e. The van der Waals surface area contributed by atoms with E-state index in [2.05, 4.69) is 11.9 Å². The molecule has 3 saturated heterocycles. The number of hydrogen-bond acceptors (Lipinski definition) is 9. The molecule has 0 aromatic heterocycles. The van der Waals surface area contributed by atoms with Crippen LogP contribution < -0.4 is 5.32 Å². The largest absolute Gasteiger partial charge is 0.451 e. The van der Waals surface area contributed by atoms with Gasteiger partial charge in [-0.15, -0.1) is 11.8 Å². The Kier molecular flexibility index (Phi) is 10.6. The number of nitrogens with zero attached hydrogens (tertiary/aromatic N) is 3. The lowest BCUT2D eigenvalue weighted by Gasteiger charge is -2.51. The van der Waals surface area contributed by atoms with E-state index in [0.29, 0.717) is 43.6 Å². The van der Waals surface area contributed by atoms with Crippen LogP contribution in [0, 0.1) is 0 Å². The van der Waals surface area contributed by atoms with Gasteiger partial charge in [0.05, 0.1) is 6.04 Å². The number of likely N-dealkylation sites (tertiary alicyclic amines) is 2. The summed E-state index contributed by atoms with van der Waals surface area (Å²) in [5.41, 5.74) is 1.67. The van der Waals surface area contributed by atoms with Crippen LogP contribution in [-0.2, 0) is 28.6 Å². The Labute approximate surface area is 301 Å². The Morgan fingerprint density at radius 3 is 2.31 bits per heavy atom. The first-order chi connectivity index (χ1) is 24.4. The highest BCUT2D eigenvalue weighted by molar-refractivity contribution is 8.03. The van der Waals surface area contributed by atoms with Crippen molar-refractivity contribution in [1.82, 2.24) is 20.0 Å². The van der Waals surface area contributed by atoms with Gasteiger partial charge in [-0.1, -0.05) is 73.3 Å². The second-order valence-electron chi connectivity index (χ2n) is 13.7. The molecular formula is C38H42N4O8S.